The lowest BCUT2D eigenvalue weighted by molar-refractivity contribution is -0.385. The van der Waals surface area contributed by atoms with Gasteiger partial charge in [0.25, 0.3) is 0 Å². The normalized spacial score (nSPS) is 9.85. The lowest BCUT2D eigenvalue weighted by atomic mass is 10.2. The van der Waals surface area contributed by atoms with E-state index in [1.807, 2.05) is 6.07 Å². The van der Waals surface area contributed by atoms with Gasteiger partial charge >= 0.3 is 5.69 Å². The summed E-state index contributed by atoms with van der Waals surface area (Å²) in [6, 6.07) is 10.7. The highest BCUT2D eigenvalue weighted by Gasteiger charge is 2.17. The Morgan fingerprint density at radius 2 is 2.00 bits per heavy atom. The van der Waals surface area contributed by atoms with Gasteiger partial charge in [0.15, 0.2) is 0 Å². The average molecular weight is 354 g/mol. The molecule has 20 heavy (non-hydrogen) atoms. The van der Waals surface area contributed by atoms with E-state index in [0.717, 1.165) is 0 Å². The summed E-state index contributed by atoms with van der Waals surface area (Å²) in [5, 5.41) is 20.3. The van der Waals surface area contributed by atoms with Crippen molar-refractivity contribution in [2.45, 2.75) is 0 Å². The Bertz CT molecular complexity index is 728. The molecule has 0 atom stereocenters. The van der Waals surface area contributed by atoms with Gasteiger partial charge in [-0.15, -0.1) is 0 Å². The fraction of sp³-hybridized carbons (Fsp3) is 0. The molecule has 0 saturated heterocycles. The van der Waals surface area contributed by atoms with Gasteiger partial charge in [0.05, 0.1) is 10.5 Å². The van der Waals surface area contributed by atoms with Crippen molar-refractivity contribution in [2.75, 3.05) is 0 Å². The molecule has 7 heteroatoms. The van der Waals surface area contributed by atoms with Gasteiger partial charge in [0.2, 0.25) is 5.75 Å². The van der Waals surface area contributed by atoms with Gasteiger partial charge in [-0.1, -0.05) is 27.5 Å². The van der Waals surface area contributed by atoms with Gasteiger partial charge < -0.3 is 4.74 Å². The molecule has 0 N–H and O–H groups in total. The van der Waals surface area contributed by atoms with Crippen LogP contribution in [0.15, 0.2) is 40.9 Å². The third-order valence-electron chi connectivity index (χ3n) is 2.40. The van der Waals surface area contributed by atoms with Gasteiger partial charge in [-0.25, -0.2) is 0 Å². The maximum atomic E-state index is 11.0. The highest BCUT2D eigenvalue weighted by atomic mass is 79.9. The molecule has 0 heterocycles. The van der Waals surface area contributed by atoms with Crippen LogP contribution in [0, 0.1) is 21.4 Å². The molecule has 0 fully saturated rings. The molecular formula is C13H6BrClN2O3. The Kier molecular flexibility index (Phi) is 4.23. The van der Waals surface area contributed by atoms with Crippen molar-refractivity contribution in [3.63, 3.8) is 0 Å². The summed E-state index contributed by atoms with van der Waals surface area (Å²) in [5.74, 6) is 0.198. The molecule has 2 aromatic rings. The third kappa shape index (κ3) is 3.07. The molecule has 0 aliphatic heterocycles. The van der Waals surface area contributed by atoms with Crippen molar-refractivity contribution in [2.24, 2.45) is 0 Å². The summed E-state index contributed by atoms with van der Waals surface area (Å²) < 4.78 is 6.17. The lowest BCUT2D eigenvalue weighted by Gasteiger charge is -2.08. The maximum Gasteiger partial charge on any atom is 0.311 e. The summed E-state index contributed by atoms with van der Waals surface area (Å²) >= 11 is 9.07. The molecule has 2 rings (SSSR count). The molecule has 0 bridgehead atoms. The Morgan fingerprint density at radius 3 is 2.65 bits per heavy atom. The number of rotatable bonds is 3. The van der Waals surface area contributed by atoms with Crippen molar-refractivity contribution >= 4 is 33.2 Å². The van der Waals surface area contributed by atoms with Crippen LogP contribution in [0.25, 0.3) is 0 Å². The SMILES string of the molecule is N#Cc1ccc(Br)cc1Oc1cc(Cl)ccc1[N+](=O)[O-]. The second kappa shape index (κ2) is 5.90. The Labute approximate surface area is 127 Å². The predicted octanol–water partition coefficient (Wildman–Crippen LogP) is 4.67. The lowest BCUT2D eigenvalue weighted by Crippen LogP contribution is -1.95. The number of nitrogens with zero attached hydrogens (tertiary/aromatic N) is 2. The first-order valence-electron chi connectivity index (χ1n) is 5.32. The first kappa shape index (κ1) is 14.3. The molecule has 0 saturated carbocycles. The van der Waals surface area contributed by atoms with E-state index in [4.69, 9.17) is 21.6 Å². The largest absolute Gasteiger partial charge is 0.449 e. The van der Waals surface area contributed by atoms with Crippen LogP contribution in [0.3, 0.4) is 0 Å². The van der Waals surface area contributed by atoms with Crippen molar-refractivity contribution in [3.8, 4) is 17.6 Å². The van der Waals surface area contributed by atoms with Crippen molar-refractivity contribution < 1.29 is 9.66 Å². The van der Waals surface area contributed by atoms with Crippen LogP contribution < -0.4 is 4.74 Å². The minimum atomic E-state index is -0.574. The molecule has 0 spiro atoms. The number of halogens is 2. The number of benzene rings is 2. The summed E-state index contributed by atoms with van der Waals surface area (Å²) in [4.78, 5) is 10.4. The van der Waals surface area contributed by atoms with Gasteiger partial charge in [-0.2, -0.15) is 5.26 Å². The molecule has 0 unspecified atom stereocenters. The topological polar surface area (TPSA) is 76.2 Å². The van der Waals surface area contributed by atoms with Gasteiger partial charge in [0, 0.05) is 21.6 Å². The molecule has 2 aromatic carbocycles. The smallest absolute Gasteiger partial charge is 0.311 e. The van der Waals surface area contributed by atoms with E-state index in [2.05, 4.69) is 15.9 Å². The zero-order valence-electron chi connectivity index (χ0n) is 9.84. The highest BCUT2D eigenvalue weighted by molar-refractivity contribution is 9.10. The van der Waals surface area contributed by atoms with Crippen molar-refractivity contribution in [1.82, 2.24) is 0 Å². The Hall–Kier alpha value is -2.10. The summed E-state index contributed by atoms with van der Waals surface area (Å²) in [6.07, 6.45) is 0. The first-order valence-corrected chi connectivity index (χ1v) is 6.50. The number of ether oxygens (including phenoxy) is 1. The van der Waals surface area contributed by atoms with Crippen LogP contribution in [0.1, 0.15) is 5.56 Å². The van der Waals surface area contributed by atoms with E-state index in [-0.39, 0.29) is 22.7 Å². The monoisotopic (exact) mass is 352 g/mol. The predicted molar refractivity (Wildman–Crippen MR) is 77.0 cm³/mol. The number of hydrogen-bond acceptors (Lipinski definition) is 4. The van der Waals surface area contributed by atoms with Gasteiger partial charge in [-0.3, -0.25) is 10.1 Å². The average Bonchev–Trinajstić information content (AvgIpc) is 2.38. The van der Waals surface area contributed by atoms with Crippen molar-refractivity contribution in [1.29, 1.82) is 5.26 Å². The number of hydrogen-bond donors (Lipinski definition) is 0. The number of nitro groups is 1. The van der Waals surface area contributed by atoms with Crippen LogP contribution in [0.4, 0.5) is 5.69 Å². The fourth-order valence-electron chi connectivity index (χ4n) is 1.51. The van der Waals surface area contributed by atoms with E-state index >= 15 is 0 Å². The summed E-state index contributed by atoms with van der Waals surface area (Å²) in [5.41, 5.74) is 0.0424. The number of nitro benzene ring substituents is 1. The van der Waals surface area contributed by atoms with E-state index in [1.54, 1.807) is 18.2 Å². The molecule has 0 aliphatic carbocycles. The zero-order chi connectivity index (χ0) is 14.7. The highest BCUT2D eigenvalue weighted by Crippen LogP contribution is 2.35. The quantitative estimate of drug-likeness (QED) is 0.593. The van der Waals surface area contributed by atoms with E-state index in [1.165, 1.54) is 18.2 Å². The molecule has 0 amide bonds. The third-order valence-corrected chi connectivity index (χ3v) is 3.13. The van der Waals surface area contributed by atoms with E-state index in [0.29, 0.717) is 9.50 Å². The van der Waals surface area contributed by atoms with E-state index in [9.17, 15) is 10.1 Å². The molecule has 0 radical (unpaired) electrons. The van der Waals surface area contributed by atoms with Crippen LogP contribution >= 0.6 is 27.5 Å². The standard InChI is InChI=1S/C13H6BrClN2O3/c14-9-2-1-8(7-16)12(5-9)20-13-6-10(15)3-4-11(13)17(18)19/h1-6H. The zero-order valence-corrected chi connectivity index (χ0v) is 12.2. The molecular weight excluding hydrogens is 348 g/mol. The minimum Gasteiger partial charge on any atom is -0.449 e. The van der Waals surface area contributed by atoms with Gasteiger partial charge in [-0.05, 0) is 24.3 Å². The summed E-state index contributed by atoms with van der Waals surface area (Å²) in [7, 11) is 0. The molecule has 100 valence electrons. The Morgan fingerprint density at radius 1 is 1.25 bits per heavy atom. The maximum absolute atomic E-state index is 11.0. The molecule has 5 nitrogen and oxygen atoms in total. The number of nitriles is 1. The van der Waals surface area contributed by atoms with Crippen LogP contribution in [-0.4, -0.2) is 4.92 Å². The fourth-order valence-corrected chi connectivity index (χ4v) is 2.01. The van der Waals surface area contributed by atoms with Crippen LogP contribution in [0.5, 0.6) is 11.5 Å². The Balaban J connectivity index is 2.50. The molecule has 0 aromatic heterocycles. The minimum absolute atomic E-state index is 0.0166. The second-order valence-corrected chi connectivity index (χ2v) is 5.08. The van der Waals surface area contributed by atoms with Crippen molar-refractivity contribution in [3.05, 3.63) is 61.6 Å². The first-order chi connectivity index (χ1) is 9.51. The second-order valence-electron chi connectivity index (χ2n) is 3.72. The molecule has 0 aliphatic rings. The van der Waals surface area contributed by atoms with E-state index < -0.39 is 4.92 Å². The van der Waals surface area contributed by atoms with Crippen LogP contribution in [-0.2, 0) is 0 Å². The van der Waals surface area contributed by atoms with Gasteiger partial charge in [0.1, 0.15) is 11.8 Å². The summed E-state index contributed by atoms with van der Waals surface area (Å²) in [6.45, 7) is 0. The van der Waals surface area contributed by atoms with Crippen LogP contribution in [0.2, 0.25) is 5.02 Å².